The van der Waals surface area contributed by atoms with Crippen LogP contribution in [-0.4, -0.2) is 53.9 Å². The molecule has 0 bridgehead atoms. The van der Waals surface area contributed by atoms with E-state index in [1.54, 1.807) is 0 Å². The Morgan fingerprint density at radius 1 is 1.03 bits per heavy atom. The first-order valence-electron chi connectivity index (χ1n) is 10.6. The molecule has 0 aliphatic heterocycles. The minimum absolute atomic E-state index is 0.0939. The van der Waals surface area contributed by atoms with Crippen LogP contribution < -0.4 is 5.32 Å². The van der Waals surface area contributed by atoms with Crippen molar-refractivity contribution in [3.63, 3.8) is 0 Å². The molecule has 1 aliphatic rings. The molecule has 1 amide bonds. The molecule has 0 fully saturated rings. The monoisotopic (exact) mass is 457 g/mol. The third-order valence-corrected chi connectivity index (χ3v) is 6.19. The Bertz CT molecular complexity index is 918. The fraction of sp³-hybridized carbons (Fsp3) is 0.375. The second-order valence-electron chi connectivity index (χ2n) is 7.41. The minimum atomic E-state index is -1.14. The average molecular weight is 458 g/mol. The summed E-state index contributed by atoms with van der Waals surface area (Å²) in [6.07, 6.45) is 0.317. The summed E-state index contributed by atoms with van der Waals surface area (Å²) in [6.45, 7) is 2.22. The lowest BCUT2D eigenvalue weighted by molar-refractivity contribution is -0.143. The van der Waals surface area contributed by atoms with E-state index in [1.165, 1.54) is 11.8 Å². The van der Waals surface area contributed by atoms with E-state index < -0.39 is 18.1 Å². The van der Waals surface area contributed by atoms with Gasteiger partial charge in [-0.25, -0.2) is 9.59 Å². The van der Waals surface area contributed by atoms with Gasteiger partial charge in [0.05, 0.1) is 0 Å². The van der Waals surface area contributed by atoms with E-state index >= 15 is 0 Å². The summed E-state index contributed by atoms with van der Waals surface area (Å²) in [5.41, 5.74) is 4.42. The number of amides is 1. The predicted molar refractivity (Wildman–Crippen MR) is 123 cm³/mol. The van der Waals surface area contributed by atoms with Crippen molar-refractivity contribution in [3.8, 4) is 11.1 Å². The second-order valence-corrected chi connectivity index (χ2v) is 8.56. The average Bonchev–Trinajstić information content (AvgIpc) is 3.10. The fourth-order valence-corrected chi connectivity index (χ4v) is 4.48. The van der Waals surface area contributed by atoms with Gasteiger partial charge in [0.1, 0.15) is 19.3 Å². The molecule has 0 saturated heterocycles. The van der Waals surface area contributed by atoms with Gasteiger partial charge in [-0.3, -0.25) is 4.79 Å². The number of carbonyl (C=O) groups excluding carboxylic acids is 2. The zero-order chi connectivity index (χ0) is 22.9. The smallest absolute Gasteiger partial charge is 0.407 e. The van der Waals surface area contributed by atoms with Gasteiger partial charge >= 0.3 is 18.0 Å². The van der Waals surface area contributed by atoms with Crippen molar-refractivity contribution in [2.24, 2.45) is 0 Å². The van der Waals surface area contributed by atoms with Crippen molar-refractivity contribution in [2.75, 3.05) is 24.7 Å². The molecule has 0 spiro atoms. The van der Waals surface area contributed by atoms with E-state index in [4.69, 9.17) is 9.47 Å². The summed E-state index contributed by atoms with van der Waals surface area (Å²) in [6, 6.07) is 14.9. The highest BCUT2D eigenvalue weighted by Crippen LogP contribution is 2.44. The van der Waals surface area contributed by atoms with Crippen molar-refractivity contribution in [3.05, 3.63) is 59.7 Å². The lowest BCUT2D eigenvalue weighted by Gasteiger charge is -2.17. The van der Waals surface area contributed by atoms with Crippen LogP contribution in [0.5, 0.6) is 0 Å². The summed E-state index contributed by atoms with van der Waals surface area (Å²) in [5, 5.41) is 11.8. The van der Waals surface area contributed by atoms with Crippen LogP contribution in [0.25, 0.3) is 11.1 Å². The van der Waals surface area contributed by atoms with Crippen LogP contribution in [0.2, 0.25) is 0 Å². The number of rotatable bonds is 11. The predicted octanol–water partition coefficient (Wildman–Crippen LogP) is 4.05. The molecule has 7 nitrogen and oxygen atoms in total. The van der Waals surface area contributed by atoms with Crippen LogP contribution in [0.1, 0.15) is 36.8 Å². The molecule has 2 aromatic carbocycles. The topological polar surface area (TPSA) is 102 Å². The molecule has 8 heteroatoms. The highest BCUT2D eigenvalue weighted by molar-refractivity contribution is 7.99. The van der Waals surface area contributed by atoms with Crippen LogP contribution in [0.15, 0.2) is 48.5 Å². The number of alkyl carbamates (subject to hydrolysis) is 1. The van der Waals surface area contributed by atoms with Crippen molar-refractivity contribution >= 4 is 29.8 Å². The number of ether oxygens (including phenoxy) is 2. The summed E-state index contributed by atoms with van der Waals surface area (Å²) in [5.74, 6) is -0.909. The Morgan fingerprint density at radius 2 is 1.66 bits per heavy atom. The van der Waals surface area contributed by atoms with E-state index in [1.807, 2.05) is 55.5 Å². The third kappa shape index (κ3) is 6.03. The number of fused-ring (bicyclic) bond motifs is 3. The molecule has 2 N–H and O–H groups in total. The zero-order valence-corrected chi connectivity index (χ0v) is 18.7. The first kappa shape index (κ1) is 23.7. The highest BCUT2D eigenvalue weighted by atomic mass is 32.2. The van der Waals surface area contributed by atoms with Crippen molar-refractivity contribution in [1.82, 2.24) is 5.32 Å². The van der Waals surface area contributed by atoms with Gasteiger partial charge in [0.15, 0.2) is 0 Å². The number of carboxylic acid groups (broad SMARTS) is 1. The third-order valence-electron chi connectivity index (χ3n) is 5.16. The molecule has 1 aliphatic carbocycles. The molecule has 2 aromatic rings. The Morgan fingerprint density at radius 3 is 2.25 bits per heavy atom. The highest BCUT2D eigenvalue weighted by Gasteiger charge is 2.29. The molecule has 0 saturated carbocycles. The molecule has 1 unspecified atom stereocenters. The van der Waals surface area contributed by atoms with E-state index in [0.717, 1.165) is 28.7 Å². The summed E-state index contributed by atoms with van der Waals surface area (Å²) >= 11 is 1.29. The molecular weight excluding hydrogens is 430 g/mol. The number of esters is 1. The summed E-state index contributed by atoms with van der Waals surface area (Å²) < 4.78 is 10.5. The summed E-state index contributed by atoms with van der Waals surface area (Å²) in [4.78, 5) is 35.2. The molecular formula is C24H27NO6S. The van der Waals surface area contributed by atoms with Crippen molar-refractivity contribution < 1.29 is 29.0 Å². The number of carbonyl (C=O) groups is 3. The van der Waals surface area contributed by atoms with Crippen molar-refractivity contribution in [2.45, 2.75) is 31.7 Å². The van der Waals surface area contributed by atoms with Gasteiger partial charge in [-0.15, -0.1) is 0 Å². The van der Waals surface area contributed by atoms with E-state index in [2.05, 4.69) is 5.32 Å². The lowest BCUT2D eigenvalue weighted by Crippen LogP contribution is -2.43. The Hall–Kier alpha value is -3.00. The molecule has 0 heterocycles. The van der Waals surface area contributed by atoms with E-state index in [0.29, 0.717) is 12.2 Å². The first-order chi connectivity index (χ1) is 15.5. The van der Waals surface area contributed by atoms with E-state index in [-0.39, 0.29) is 30.9 Å². The number of aliphatic carboxylic acids is 1. The molecule has 0 aromatic heterocycles. The van der Waals surface area contributed by atoms with Gasteiger partial charge in [-0.1, -0.05) is 55.5 Å². The van der Waals surface area contributed by atoms with Crippen LogP contribution in [0, 0.1) is 0 Å². The van der Waals surface area contributed by atoms with Gasteiger partial charge in [-0.05, 0) is 28.7 Å². The van der Waals surface area contributed by atoms with Crippen LogP contribution >= 0.6 is 11.8 Å². The number of carboxylic acids is 1. The van der Waals surface area contributed by atoms with Crippen LogP contribution in [0.3, 0.4) is 0 Å². The molecule has 1 atom stereocenters. The number of hydrogen-bond donors (Lipinski definition) is 2. The molecule has 32 heavy (non-hydrogen) atoms. The Balaban J connectivity index is 1.49. The quantitative estimate of drug-likeness (QED) is 0.388. The standard InChI is InChI=1S/C24H27NO6S/c1-2-7-22(26)30-12-13-32-15-21(23(27)28)25-24(29)31-14-20-18-10-5-3-8-16(18)17-9-4-6-11-19(17)20/h3-6,8-11,20-21H,2,7,12-15H2,1H3,(H,25,29)(H,27,28). The first-order valence-corrected chi connectivity index (χ1v) is 11.7. The van der Waals surface area contributed by atoms with Crippen molar-refractivity contribution in [1.29, 1.82) is 0 Å². The van der Waals surface area contributed by atoms with E-state index in [9.17, 15) is 19.5 Å². The Labute approximate surface area is 191 Å². The zero-order valence-electron chi connectivity index (χ0n) is 17.9. The number of benzene rings is 2. The number of hydrogen-bond acceptors (Lipinski definition) is 6. The maximum absolute atomic E-state index is 12.3. The fourth-order valence-electron chi connectivity index (χ4n) is 3.65. The lowest BCUT2D eigenvalue weighted by atomic mass is 9.98. The van der Waals surface area contributed by atoms with Gasteiger partial charge in [0, 0.05) is 23.8 Å². The van der Waals surface area contributed by atoms with Gasteiger partial charge in [0.2, 0.25) is 0 Å². The molecule has 3 rings (SSSR count). The normalized spacial score (nSPS) is 13.0. The van der Waals surface area contributed by atoms with Gasteiger partial charge < -0.3 is 19.9 Å². The molecule has 0 radical (unpaired) electrons. The number of nitrogens with one attached hydrogen (secondary N) is 1. The van der Waals surface area contributed by atoms with Gasteiger partial charge in [-0.2, -0.15) is 11.8 Å². The second kappa shape index (κ2) is 11.6. The maximum atomic E-state index is 12.3. The Kier molecular flexibility index (Phi) is 8.56. The number of thioether (sulfide) groups is 1. The summed E-state index contributed by atoms with van der Waals surface area (Å²) in [7, 11) is 0. The maximum Gasteiger partial charge on any atom is 0.407 e. The van der Waals surface area contributed by atoms with Crippen LogP contribution in [-0.2, 0) is 19.1 Å². The van der Waals surface area contributed by atoms with Gasteiger partial charge in [0.25, 0.3) is 0 Å². The SMILES string of the molecule is CCCC(=O)OCCSCC(NC(=O)OCC1c2ccccc2-c2ccccc21)C(=O)O. The van der Waals surface area contributed by atoms with Crippen LogP contribution in [0.4, 0.5) is 4.79 Å². The molecule has 170 valence electrons. The minimum Gasteiger partial charge on any atom is -0.480 e. The largest absolute Gasteiger partial charge is 0.480 e.